The van der Waals surface area contributed by atoms with E-state index in [-0.39, 0.29) is 12.3 Å². The zero-order valence-corrected chi connectivity index (χ0v) is 17.9. The Morgan fingerprint density at radius 2 is 1.96 bits per heavy atom. The van der Waals surface area contributed by atoms with Crippen molar-refractivity contribution in [3.63, 3.8) is 0 Å². The van der Waals surface area contributed by atoms with E-state index in [1.54, 1.807) is 7.11 Å². The third-order valence-electron chi connectivity index (χ3n) is 5.64. The average Bonchev–Trinajstić information content (AvgIpc) is 2.95. The van der Waals surface area contributed by atoms with Crippen molar-refractivity contribution in [2.45, 2.75) is 96.7 Å². The van der Waals surface area contributed by atoms with Gasteiger partial charge in [0.15, 0.2) is 0 Å². The Hall–Kier alpha value is -1.33. The van der Waals surface area contributed by atoms with Gasteiger partial charge in [-0.3, -0.25) is 4.79 Å². The van der Waals surface area contributed by atoms with E-state index in [1.165, 1.54) is 12.8 Å². The number of aliphatic carboxylic acids is 1. The van der Waals surface area contributed by atoms with Crippen LogP contribution in [-0.2, 0) is 9.53 Å². The molecular formula is C23H40O5. The quantitative estimate of drug-likeness (QED) is 0.273. The summed E-state index contributed by atoms with van der Waals surface area (Å²) in [7, 11) is 1.64. The van der Waals surface area contributed by atoms with Gasteiger partial charge in [0.2, 0.25) is 0 Å². The zero-order valence-electron chi connectivity index (χ0n) is 17.9. The SMILES string of the molecule is CCCC[C@H](C)C[C@H](O)/C=C/[C@@H]1C(CCCCCCC(=O)O)=C(OC)C[C@H]1O. The van der Waals surface area contributed by atoms with E-state index in [2.05, 4.69) is 13.8 Å². The van der Waals surface area contributed by atoms with E-state index in [9.17, 15) is 15.0 Å². The predicted octanol–water partition coefficient (Wildman–Crippen LogP) is 4.83. The molecule has 1 aliphatic rings. The maximum absolute atomic E-state index is 10.6. The molecule has 1 aliphatic carbocycles. The number of hydrogen-bond donors (Lipinski definition) is 3. The molecule has 28 heavy (non-hydrogen) atoms. The van der Waals surface area contributed by atoms with Gasteiger partial charge in [-0.1, -0.05) is 58.1 Å². The molecule has 1 rings (SSSR count). The van der Waals surface area contributed by atoms with Crippen molar-refractivity contribution in [2.75, 3.05) is 7.11 Å². The molecule has 0 aromatic carbocycles. The zero-order chi connectivity index (χ0) is 20.9. The van der Waals surface area contributed by atoms with Crippen molar-refractivity contribution < 1.29 is 24.9 Å². The summed E-state index contributed by atoms with van der Waals surface area (Å²) in [6.45, 7) is 4.35. The Morgan fingerprint density at radius 1 is 1.25 bits per heavy atom. The van der Waals surface area contributed by atoms with Crippen LogP contribution in [0.15, 0.2) is 23.5 Å². The Bertz CT molecular complexity index is 511. The van der Waals surface area contributed by atoms with Gasteiger partial charge in [-0.25, -0.2) is 0 Å². The van der Waals surface area contributed by atoms with Crippen molar-refractivity contribution in [2.24, 2.45) is 11.8 Å². The van der Waals surface area contributed by atoms with Crippen LogP contribution in [0.4, 0.5) is 0 Å². The molecule has 0 aromatic rings. The molecule has 162 valence electrons. The maximum atomic E-state index is 10.6. The fourth-order valence-corrected chi connectivity index (χ4v) is 3.99. The number of carboxylic acid groups (broad SMARTS) is 1. The molecule has 5 heteroatoms. The highest BCUT2D eigenvalue weighted by Gasteiger charge is 2.32. The van der Waals surface area contributed by atoms with Crippen LogP contribution in [0.25, 0.3) is 0 Å². The van der Waals surface area contributed by atoms with Crippen LogP contribution in [0.1, 0.15) is 84.5 Å². The average molecular weight is 397 g/mol. The van der Waals surface area contributed by atoms with Crippen molar-refractivity contribution in [3.05, 3.63) is 23.5 Å². The summed E-state index contributed by atoms with van der Waals surface area (Å²) < 4.78 is 5.50. The minimum absolute atomic E-state index is 0.102. The third-order valence-corrected chi connectivity index (χ3v) is 5.64. The normalized spacial score (nSPS) is 22.0. The van der Waals surface area contributed by atoms with Gasteiger partial charge in [-0.2, -0.15) is 0 Å². The maximum Gasteiger partial charge on any atom is 0.303 e. The number of carboxylic acids is 1. The smallest absolute Gasteiger partial charge is 0.303 e. The van der Waals surface area contributed by atoms with Gasteiger partial charge in [0.1, 0.15) is 0 Å². The number of aliphatic hydroxyl groups is 2. The Labute approximate surface area is 170 Å². The number of ether oxygens (including phenoxy) is 1. The molecule has 5 nitrogen and oxygen atoms in total. The largest absolute Gasteiger partial charge is 0.501 e. The summed E-state index contributed by atoms with van der Waals surface area (Å²) in [4.78, 5) is 10.6. The van der Waals surface area contributed by atoms with Gasteiger partial charge in [-0.15, -0.1) is 0 Å². The minimum atomic E-state index is -0.740. The number of aliphatic hydroxyl groups excluding tert-OH is 2. The number of rotatable bonds is 15. The second-order valence-corrected chi connectivity index (χ2v) is 8.19. The molecule has 4 atom stereocenters. The van der Waals surface area contributed by atoms with E-state index in [0.717, 1.165) is 49.9 Å². The monoisotopic (exact) mass is 396 g/mol. The molecule has 0 aromatic heterocycles. The molecule has 0 saturated heterocycles. The lowest BCUT2D eigenvalue weighted by atomic mass is 9.92. The van der Waals surface area contributed by atoms with E-state index in [4.69, 9.17) is 9.84 Å². The van der Waals surface area contributed by atoms with Crippen LogP contribution in [0.3, 0.4) is 0 Å². The molecule has 0 radical (unpaired) electrons. The molecule has 0 aliphatic heterocycles. The number of methoxy groups -OCH3 is 1. The Morgan fingerprint density at radius 3 is 2.61 bits per heavy atom. The standard InChI is InChI=1S/C23H40O5/c1-4-5-10-17(2)15-18(24)13-14-19-20(22(28-3)16-21(19)25)11-8-6-7-9-12-23(26)27/h13-14,17-19,21,24-25H,4-12,15-16H2,1-3H3,(H,26,27)/b14-13+/t17-,18+,19+,21+/m0/s1. The summed E-state index contributed by atoms with van der Waals surface area (Å²) in [5.74, 6) is 0.507. The van der Waals surface area contributed by atoms with Gasteiger partial charge >= 0.3 is 5.97 Å². The van der Waals surface area contributed by atoms with Gasteiger partial charge in [-0.05, 0) is 37.2 Å². The fourth-order valence-electron chi connectivity index (χ4n) is 3.99. The van der Waals surface area contributed by atoms with E-state index in [0.29, 0.717) is 18.8 Å². The molecule has 0 saturated carbocycles. The van der Waals surface area contributed by atoms with Crippen LogP contribution < -0.4 is 0 Å². The molecule has 0 heterocycles. The highest BCUT2D eigenvalue weighted by atomic mass is 16.5. The first kappa shape index (κ1) is 24.7. The van der Waals surface area contributed by atoms with Crippen LogP contribution >= 0.6 is 0 Å². The second kappa shape index (κ2) is 13.8. The molecule has 0 unspecified atom stereocenters. The van der Waals surface area contributed by atoms with Crippen molar-refractivity contribution >= 4 is 5.97 Å². The van der Waals surface area contributed by atoms with Crippen LogP contribution in [0, 0.1) is 11.8 Å². The minimum Gasteiger partial charge on any atom is -0.501 e. The lowest BCUT2D eigenvalue weighted by Crippen LogP contribution is -2.16. The molecule has 0 fully saturated rings. The van der Waals surface area contributed by atoms with E-state index in [1.807, 2.05) is 12.2 Å². The first-order valence-electron chi connectivity index (χ1n) is 10.9. The number of unbranched alkanes of at least 4 members (excludes halogenated alkanes) is 4. The number of hydrogen-bond acceptors (Lipinski definition) is 4. The molecule has 3 N–H and O–H groups in total. The van der Waals surface area contributed by atoms with Gasteiger partial charge in [0.05, 0.1) is 25.1 Å². The summed E-state index contributed by atoms with van der Waals surface area (Å²) >= 11 is 0. The number of carbonyl (C=O) groups is 1. The van der Waals surface area contributed by atoms with Gasteiger partial charge < -0.3 is 20.1 Å². The second-order valence-electron chi connectivity index (χ2n) is 8.19. The summed E-state index contributed by atoms with van der Waals surface area (Å²) in [6.07, 6.45) is 12.2. The predicted molar refractivity (Wildman–Crippen MR) is 112 cm³/mol. The highest BCUT2D eigenvalue weighted by molar-refractivity contribution is 5.66. The molecule has 0 spiro atoms. The van der Waals surface area contributed by atoms with Crippen LogP contribution in [0.5, 0.6) is 0 Å². The summed E-state index contributed by atoms with van der Waals surface area (Å²) in [6, 6.07) is 0. The van der Waals surface area contributed by atoms with Gasteiger partial charge in [0.25, 0.3) is 0 Å². The topological polar surface area (TPSA) is 87.0 Å². The molecule has 0 amide bonds. The Kier molecular flexibility index (Phi) is 12.2. The first-order valence-corrected chi connectivity index (χ1v) is 10.9. The summed E-state index contributed by atoms with van der Waals surface area (Å²) in [5.41, 5.74) is 1.12. The van der Waals surface area contributed by atoms with Crippen molar-refractivity contribution in [3.8, 4) is 0 Å². The van der Waals surface area contributed by atoms with Crippen molar-refractivity contribution in [1.82, 2.24) is 0 Å². The molecular weight excluding hydrogens is 356 g/mol. The van der Waals surface area contributed by atoms with Crippen LogP contribution in [0.2, 0.25) is 0 Å². The van der Waals surface area contributed by atoms with Crippen molar-refractivity contribution in [1.29, 1.82) is 0 Å². The van der Waals surface area contributed by atoms with Gasteiger partial charge in [0, 0.05) is 18.8 Å². The first-order chi connectivity index (χ1) is 13.4. The third kappa shape index (κ3) is 9.24. The van der Waals surface area contributed by atoms with Crippen LogP contribution in [-0.4, -0.2) is 40.6 Å². The van der Waals surface area contributed by atoms with E-state index < -0.39 is 18.2 Å². The Balaban J connectivity index is 2.54. The lowest BCUT2D eigenvalue weighted by Gasteiger charge is -2.17. The van der Waals surface area contributed by atoms with E-state index >= 15 is 0 Å². The molecule has 0 bridgehead atoms. The summed E-state index contributed by atoms with van der Waals surface area (Å²) in [5, 5.41) is 29.5. The lowest BCUT2D eigenvalue weighted by molar-refractivity contribution is -0.137. The highest BCUT2D eigenvalue weighted by Crippen LogP contribution is 2.37. The fraction of sp³-hybridized carbons (Fsp3) is 0.783.